The number of fused-ring (bicyclic) bond motifs is 1. The second-order valence-electron chi connectivity index (χ2n) is 7.03. The molecule has 0 unspecified atom stereocenters. The highest BCUT2D eigenvalue weighted by molar-refractivity contribution is 5.94. The molecule has 1 aliphatic carbocycles. The molecule has 0 bridgehead atoms. The van der Waals surface area contributed by atoms with Crippen molar-refractivity contribution >= 4 is 5.91 Å². The quantitative estimate of drug-likeness (QED) is 0.916. The fourth-order valence-corrected chi connectivity index (χ4v) is 3.79. The zero-order valence-electron chi connectivity index (χ0n) is 13.4. The first-order valence-electron chi connectivity index (χ1n) is 8.50. The third-order valence-corrected chi connectivity index (χ3v) is 5.27. The number of carbonyl (C=O) groups excluding carboxylic acids is 1. The first-order valence-corrected chi connectivity index (χ1v) is 8.50. The van der Waals surface area contributed by atoms with Gasteiger partial charge < -0.3 is 10.1 Å². The number of hydrogen-bond acceptors (Lipinski definition) is 4. The molecule has 0 radical (unpaired) electrons. The number of carbonyl (C=O) groups is 1. The number of morpholine rings is 1. The minimum absolute atomic E-state index is 0.00835. The zero-order valence-corrected chi connectivity index (χ0v) is 13.4. The Morgan fingerprint density at radius 2 is 2.21 bits per heavy atom. The molecule has 3 atom stereocenters. The molecule has 126 valence electrons. The molecule has 6 heteroatoms. The number of amides is 1. The monoisotopic (exact) mass is 329 g/mol. The Morgan fingerprint density at radius 1 is 1.38 bits per heavy atom. The molecule has 3 aliphatic rings. The lowest BCUT2D eigenvalue weighted by molar-refractivity contribution is -0.0581. The van der Waals surface area contributed by atoms with Crippen molar-refractivity contribution in [2.45, 2.75) is 37.5 Å². The predicted octanol–water partition coefficient (Wildman–Crippen LogP) is 1.68. The summed E-state index contributed by atoms with van der Waals surface area (Å²) < 4.78 is 19.9. The lowest BCUT2D eigenvalue weighted by atomic mass is 10.1. The second kappa shape index (κ2) is 6.15. The van der Waals surface area contributed by atoms with Gasteiger partial charge in [-0.25, -0.2) is 4.39 Å². The van der Waals surface area contributed by atoms with Crippen LogP contribution in [0.5, 0.6) is 0 Å². The van der Waals surface area contributed by atoms with Crippen molar-refractivity contribution in [2.24, 2.45) is 5.92 Å². The van der Waals surface area contributed by atoms with Crippen molar-refractivity contribution in [3.63, 3.8) is 0 Å². The summed E-state index contributed by atoms with van der Waals surface area (Å²) >= 11 is 0. The van der Waals surface area contributed by atoms with Crippen LogP contribution in [0.2, 0.25) is 0 Å². The molecule has 2 heterocycles. The van der Waals surface area contributed by atoms with E-state index in [1.165, 1.54) is 25.0 Å². The number of nitrogens with one attached hydrogen (secondary N) is 1. The number of halogens is 1. The largest absolute Gasteiger partial charge is 0.375 e. The Bertz CT molecular complexity index is 698. The smallest absolute Gasteiger partial charge is 0.254 e. The summed E-state index contributed by atoms with van der Waals surface area (Å²) in [4.78, 5) is 14.7. The minimum atomic E-state index is -0.653. The van der Waals surface area contributed by atoms with Crippen LogP contribution in [0.25, 0.3) is 0 Å². The van der Waals surface area contributed by atoms with Gasteiger partial charge in [-0.1, -0.05) is 0 Å². The lowest BCUT2D eigenvalue weighted by Gasteiger charge is -2.35. The molecule has 0 aromatic heterocycles. The molecule has 2 aliphatic heterocycles. The summed E-state index contributed by atoms with van der Waals surface area (Å²) in [7, 11) is 0. The van der Waals surface area contributed by atoms with Crippen LogP contribution in [0.15, 0.2) is 18.2 Å². The number of nitrogens with zero attached hydrogens (tertiary/aromatic N) is 2. The van der Waals surface area contributed by atoms with Gasteiger partial charge in [-0.3, -0.25) is 9.69 Å². The average molecular weight is 329 g/mol. The van der Waals surface area contributed by atoms with E-state index in [1.807, 2.05) is 6.07 Å². The molecule has 1 amide bonds. The number of hydrogen-bond donors (Lipinski definition) is 1. The van der Waals surface area contributed by atoms with Crippen LogP contribution < -0.4 is 5.32 Å². The summed E-state index contributed by atoms with van der Waals surface area (Å²) in [5.74, 6) is -0.353. The molecule has 4 rings (SSSR count). The fraction of sp³-hybridized carbons (Fsp3) is 0.556. The van der Waals surface area contributed by atoms with E-state index < -0.39 is 11.7 Å². The Hall–Kier alpha value is -1.97. The van der Waals surface area contributed by atoms with Crippen LogP contribution in [-0.4, -0.2) is 48.7 Å². The molecule has 1 aromatic carbocycles. The van der Waals surface area contributed by atoms with Crippen LogP contribution in [0.4, 0.5) is 4.39 Å². The third-order valence-electron chi connectivity index (χ3n) is 5.27. The van der Waals surface area contributed by atoms with Crippen LogP contribution >= 0.6 is 0 Å². The normalized spacial score (nSPS) is 29.8. The van der Waals surface area contributed by atoms with E-state index in [0.29, 0.717) is 18.1 Å². The summed E-state index contributed by atoms with van der Waals surface area (Å²) in [5, 5.41) is 11.7. The van der Waals surface area contributed by atoms with Gasteiger partial charge in [-0.05, 0) is 43.4 Å². The van der Waals surface area contributed by atoms with Gasteiger partial charge in [0, 0.05) is 25.2 Å². The fourth-order valence-electron chi connectivity index (χ4n) is 3.79. The zero-order chi connectivity index (χ0) is 16.7. The van der Waals surface area contributed by atoms with Crippen molar-refractivity contribution in [2.75, 3.05) is 19.7 Å². The maximum absolute atomic E-state index is 14.0. The van der Waals surface area contributed by atoms with E-state index in [1.54, 1.807) is 0 Å². The lowest BCUT2D eigenvalue weighted by Crippen LogP contribution is -2.47. The van der Waals surface area contributed by atoms with Gasteiger partial charge in [0.05, 0.1) is 29.9 Å². The number of benzene rings is 1. The van der Waals surface area contributed by atoms with E-state index in [-0.39, 0.29) is 17.2 Å². The van der Waals surface area contributed by atoms with Crippen LogP contribution in [0.3, 0.4) is 0 Å². The molecule has 1 N–H and O–H groups in total. The maximum atomic E-state index is 14.0. The average Bonchev–Trinajstić information content (AvgIpc) is 3.34. The number of nitriles is 1. The first-order chi connectivity index (χ1) is 11.6. The molecule has 2 saturated heterocycles. The summed E-state index contributed by atoms with van der Waals surface area (Å²) in [5.41, 5.74) is 0.205. The van der Waals surface area contributed by atoms with Gasteiger partial charge in [0.1, 0.15) is 5.82 Å². The molecule has 1 aromatic rings. The van der Waals surface area contributed by atoms with E-state index in [9.17, 15) is 9.18 Å². The molecular formula is C18H20FN3O2. The van der Waals surface area contributed by atoms with E-state index >= 15 is 0 Å². The molecular weight excluding hydrogens is 309 g/mol. The van der Waals surface area contributed by atoms with Crippen LogP contribution in [0.1, 0.15) is 35.2 Å². The van der Waals surface area contributed by atoms with Crippen LogP contribution in [0, 0.1) is 23.1 Å². The second-order valence-corrected chi connectivity index (χ2v) is 7.03. The maximum Gasteiger partial charge on any atom is 0.254 e. The topological polar surface area (TPSA) is 65.4 Å². The Balaban J connectivity index is 1.38. The third kappa shape index (κ3) is 3.02. The van der Waals surface area contributed by atoms with E-state index in [4.69, 9.17) is 10.00 Å². The van der Waals surface area contributed by atoms with Crippen molar-refractivity contribution < 1.29 is 13.9 Å². The summed E-state index contributed by atoms with van der Waals surface area (Å²) in [6.07, 6.45) is 3.70. The van der Waals surface area contributed by atoms with Crippen molar-refractivity contribution in [1.82, 2.24) is 10.2 Å². The van der Waals surface area contributed by atoms with Crippen molar-refractivity contribution in [3.05, 3.63) is 35.1 Å². The van der Waals surface area contributed by atoms with Gasteiger partial charge in [-0.2, -0.15) is 5.26 Å². The summed E-state index contributed by atoms with van der Waals surface area (Å²) in [6, 6.07) is 6.16. The molecule has 5 nitrogen and oxygen atoms in total. The van der Waals surface area contributed by atoms with Crippen molar-refractivity contribution in [1.29, 1.82) is 5.26 Å². The molecule has 0 spiro atoms. The molecule has 1 saturated carbocycles. The standard InChI is InChI=1S/C18H20FN3O2/c19-16-5-11(7-20)1-4-15(16)18(23)21-13-6-14-10-24-17(12-2-3-12)9-22(14)8-13/h1,4-5,12-14,17H,2-3,6,8-10H2,(H,21,23)/t13-,14-,17+/m0/s1. The van der Waals surface area contributed by atoms with Gasteiger partial charge >= 0.3 is 0 Å². The first kappa shape index (κ1) is 15.6. The van der Waals surface area contributed by atoms with Crippen molar-refractivity contribution in [3.8, 4) is 6.07 Å². The number of ether oxygens (including phenoxy) is 1. The Morgan fingerprint density at radius 3 is 2.92 bits per heavy atom. The highest BCUT2D eigenvalue weighted by Gasteiger charge is 2.42. The SMILES string of the molecule is N#Cc1ccc(C(=O)N[C@H]2C[C@H]3CO[C@@H](C4CC4)CN3C2)c(F)c1. The molecule has 24 heavy (non-hydrogen) atoms. The van der Waals surface area contributed by atoms with E-state index in [0.717, 1.165) is 32.2 Å². The van der Waals surface area contributed by atoms with Gasteiger partial charge in [0.2, 0.25) is 0 Å². The summed E-state index contributed by atoms with van der Waals surface area (Å²) in [6.45, 7) is 2.45. The van der Waals surface area contributed by atoms with E-state index in [2.05, 4.69) is 10.2 Å². The Kier molecular flexibility index (Phi) is 3.99. The van der Waals surface area contributed by atoms with Crippen LogP contribution in [-0.2, 0) is 4.74 Å². The number of rotatable bonds is 3. The predicted molar refractivity (Wildman–Crippen MR) is 84.8 cm³/mol. The minimum Gasteiger partial charge on any atom is -0.375 e. The van der Waals surface area contributed by atoms with Gasteiger partial charge in [0.15, 0.2) is 0 Å². The highest BCUT2D eigenvalue weighted by atomic mass is 19.1. The van der Waals surface area contributed by atoms with Gasteiger partial charge in [0.25, 0.3) is 5.91 Å². The molecule has 3 fully saturated rings. The highest BCUT2D eigenvalue weighted by Crippen LogP contribution is 2.37. The van der Waals surface area contributed by atoms with Gasteiger partial charge in [-0.15, -0.1) is 0 Å². The Labute approximate surface area is 140 Å².